The molecule has 3 nitrogen and oxygen atoms in total. The van der Waals surface area contributed by atoms with Crippen LogP contribution >= 0.6 is 0 Å². The van der Waals surface area contributed by atoms with Crippen LogP contribution in [-0.4, -0.2) is 15.6 Å². The van der Waals surface area contributed by atoms with Gasteiger partial charge in [-0.2, -0.15) is 0 Å². The molecule has 1 atom stereocenters. The lowest BCUT2D eigenvalue weighted by molar-refractivity contribution is 0.281. The van der Waals surface area contributed by atoms with Gasteiger partial charge in [-0.15, -0.1) is 0 Å². The van der Waals surface area contributed by atoms with Gasteiger partial charge in [0.2, 0.25) is 0 Å². The summed E-state index contributed by atoms with van der Waals surface area (Å²) in [7, 11) is -2.55. The quantitative estimate of drug-likeness (QED) is 0.841. The van der Waals surface area contributed by atoms with E-state index in [2.05, 4.69) is 11.2 Å². The van der Waals surface area contributed by atoms with Crippen molar-refractivity contribution >= 4 is 20.0 Å². The van der Waals surface area contributed by atoms with Crippen molar-refractivity contribution in [3.63, 3.8) is 0 Å². The molecule has 0 amide bonds. The van der Waals surface area contributed by atoms with E-state index in [-0.39, 0.29) is 13.2 Å². The lowest BCUT2D eigenvalue weighted by atomic mass is 10.1. The topological polar surface area (TPSA) is 46.5 Å². The molecule has 0 aliphatic rings. The molecule has 1 unspecified atom stereocenters. The van der Waals surface area contributed by atoms with E-state index >= 15 is 0 Å². The van der Waals surface area contributed by atoms with Gasteiger partial charge in [0.1, 0.15) is 8.77 Å². The van der Waals surface area contributed by atoms with Crippen molar-refractivity contribution in [2.45, 2.75) is 13.2 Å². The zero-order chi connectivity index (χ0) is 10.6. The van der Waals surface area contributed by atoms with Crippen LogP contribution in [0.1, 0.15) is 11.1 Å². The lowest BCUT2D eigenvalue weighted by Crippen LogP contribution is -2.01. The highest BCUT2D eigenvalue weighted by molar-refractivity contribution is 8.29. The van der Waals surface area contributed by atoms with E-state index in [1.165, 1.54) is 6.26 Å². The molecule has 0 saturated heterocycles. The molecule has 0 saturated carbocycles. The molecule has 1 aromatic rings. The van der Waals surface area contributed by atoms with E-state index in [0.717, 1.165) is 11.1 Å². The zero-order valence-electron chi connectivity index (χ0n) is 7.80. The highest BCUT2D eigenvalue weighted by Gasteiger charge is 1.99. The molecule has 0 heterocycles. The molecule has 0 aliphatic heterocycles. The number of aliphatic hydroxyl groups excluding tert-OH is 1. The van der Waals surface area contributed by atoms with Crippen molar-refractivity contribution in [1.29, 1.82) is 0 Å². The van der Waals surface area contributed by atoms with Crippen LogP contribution in [0.3, 0.4) is 0 Å². The molecule has 0 bridgehead atoms. The Morgan fingerprint density at radius 3 is 2.29 bits per heavy atom. The highest BCUT2D eigenvalue weighted by Crippen LogP contribution is 2.06. The summed E-state index contributed by atoms with van der Waals surface area (Å²) in [5.41, 5.74) is 1.73. The fraction of sp³-hybridized carbons (Fsp3) is 0.333. The van der Waals surface area contributed by atoms with Crippen molar-refractivity contribution in [3.05, 3.63) is 35.4 Å². The molecule has 1 rings (SSSR count). The second kappa shape index (κ2) is 4.84. The SMILES string of the molecule is CS(=O)(=S)OCc1ccc(CO)cc1. The average molecular weight is 232 g/mol. The van der Waals surface area contributed by atoms with Crippen molar-refractivity contribution < 1.29 is 13.5 Å². The van der Waals surface area contributed by atoms with Crippen LogP contribution in [0.25, 0.3) is 0 Å². The third-order valence-corrected chi connectivity index (χ3v) is 2.48. The van der Waals surface area contributed by atoms with Crippen molar-refractivity contribution in [2.24, 2.45) is 0 Å². The summed E-state index contributed by atoms with van der Waals surface area (Å²) < 4.78 is 16.0. The van der Waals surface area contributed by atoms with E-state index in [9.17, 15) is 4.21 Å². The van der Waals surface area contributed by atoms with Gasteiger partial charge in [0.05, 0.1) is 13.2 Å². The summed E-state index contributed by atoms with van der Waals surface area (Å²) in [6.45, 7) is 0.261. The van der Waals surface area contributed by atoms with Crippen LogP contribution in [0.5, 0.6) is 0 Å². The predicted molar refractivity (Wildman–Crippen MR) is 58.6 cm³/mol. The van der Waals surface area contributed by atoms with E-state index in [1.54, 1.807) is 12.1 Å². The number of hydrogen-bond acceptors (Lipinski definition) is 4. The Balaban J connectivity index is 2.61. The van der Waals surface area contributed by atoms with Crippen LogP contribution in [-0.2, 0) is 37.4 Å². The van der Waals surface area contributed by atoms with E-state index in [1.807, 2.05) is 12.1 Å². The van der Waals surface area contributed by atoms with E-state index < -0.39 is 8.77 Å². The maximum absolute atomic E-state index is 11.0. The van der Waals surface area contributed by atoms with Crippen LogP contribution in [0.2, 0.25) is 0 Å². The van der Waals surface area contributed by atoms with Crippen LogP contribution < -0.4 is 0 Å². The molecule has 1 aromatic carbocycles. The first-order valence-corrected chi connectivity index (χ1v) is 6.86. The van der Waals surface area contributed by atoms with Crippen LogP contribution in [0.15, 0.2) is 24.3 Å². The first-order valence-electron chi connectivity index (χ1n) is 4.04. The minimum atomic E-state index is -2.55. The Kier molecular flexibility index (Phi) is 4.00. The van der Waals surface area contributed by atoms with Crippen molar-refractivity contribution in [1.82, 2.24) is 0 Å². The monoisotopic (exact) mass is 232 g/mol. The molecular formula is C9H12O3S2. The van der Waals surface area contributed by atoms with E-state index in [4.69, 9.17) is 9.29 Å². The van der Waals surface area contributed by atoms with Gasteiger partial charge in [0.15, 0.2) is 0 Å². The van der Waals surface area contributed by atoms with Gasteiger partial charge in [-0.1, -0.05) is 24.3 Å². The fourth-order valence-corrected chi connectivity index (χ4v) is 1.41. The van der Waals surface area contributed by atoms with Gasteiger partial charge in [0, 0.05) is 17.4 Å². The van der Waals surface area contributed by atoms with Crippen molar-refractivity contribution in [3.8, 4) is 0 Å². The predicted octanol–water partition coefficient (Wildman–Crippen LogP) is 0.987. The third kappa shape index (κ3) is 4.15. The zero-order valence-corrected chi connectivity index (χ0v) is 9.44. The van der Waals surface area contributed by atoms with Gasteiger partial charge in [-0.25, -0.2) is 4.21 Å². The number of rotatable bonds is 4. The summed E-state index contributed by atoms with van der Waals surface area (Å²) in [6, 6.07) is 7.21. The molecule has 1 N–H and O–H groups in total. The van der Waals surface area contributed by atoms with Crippen molar-refractivity contribution in [2.75, 3.05) is 6.26 Å². The second-order valence-electron chi connectivity index (χ2n) is 2.94. The Bertz CT molecular complexity index is 381. The Morgan fingerprint density at radius 1 is 1.36 bits per heavy atom. The van der Waals surface area contributed by atoms with Gasteiger partial charge in [-0.05, 0) is 11.1 Å². The number of hydrogen-bond donors (Lipinski definition) is 1. The fourth-order valence-electron chi connectivity index (χ4n) is 0.916. The standard InChI is InChI=1S/C9H12O3S2/c1-14(11,13)12-7-9-4-2-8(6-10)3-5-9/h2-5,10H,6-7H2,1H3. The Labute approximate surface area is 88.6 Å². The van der Waals surface area contributed by atoms with E-state index in [0.29, 0.717) is 0 Å². The van der Waals surface area contributed by atoms with Crippen LogP contribution in [0, 0.1) is 0 Å². The summed E-state index contributed by atoms with van der Waals surface area (Å²) in [5.74, 6) is 0. The first kappa shape index (κ1) is 11.6. The molecule has 5 heteroatoms. The highest BCUT2D eigenvalue weighted by atomic mass is 32.8. The largest absolute Gasteiger partial charge is 0.392 e. The van der Waals surface area contributed by atoms with Crippen LogP contribution in [0.4, 0.5) is 0 Å². The summed E-state index contributed by atoms with van der Waals surface area (Å²) in [6.07, 6.45) is 1.38. The molecule has 14 heavy (non-hydrogen) atoms. The minimum Gasteiger partial charge on any atom is -0.392 e. The summed E-state index contributed by atoms with van der Waals surface area (Å²) in [4.78, 5) is 0. The maximum atomic E-state index is 11.0. The normalized spacial score (nSPS) is 15.0. The molecule has 0 radical (unpaired) electrons. The molecule has 78 valence electrons. The third-order valence-electron chi connectivity index (χ3n) is 1.65. The molecular weight excluding hydrogens is 220 g/mol. The second-order valence-corrected chi connectivity index (χ2v) is 6.40. The number of aliphatic hydroxyl groups is 1. The van der Waals surface area contributed by atoms with Gasteiger partial charge >= 0.3 is 0 Å². The number of benzene rings is 1. The lowest BCUT2D eigenvalue weighted by Gasteiger charge is -2.03. The smallest absolute Gasteiger partial charge is 0.141 e. The van der Waals surface area contributed by atoms with Gasteiger partial charge in [-0.3, -0.25) is 4.18 Å². The first-order chi connectivity index (χ1) is 6.51. The maximum Gasteiger partial charge on any atom is 0.141 e. The summed E-state index contributed by atoms with van der Waals surface area (Å²) in [5, 5.41) is 8.79. The molecule has 0 spiro atoms. The average Bonchev–Trinajstić information content (AvgIpc) is 2.14. The molecule has 0 aromatic heterocycles. The molecule has 0 fully saturated rings. The summed E-state index contributed by atoms with van der Waals surface area (Å²) >= 11 is 4.60. The van der Waals surface area contributed by atoms with Gasteiger partial charge < -0.3 is 5.11 Å². The molecule has 0 aliphatic carbocycles. The Hall–Kier alpha value is -0.490. The minimum absolute atomic E-state index is 0.0205. The van der Waals surface area contributed by atoms with Gasteiger partial charge in [0.25, 0.3) is 0 Å². The Morgan fingerprint density at radius 2 is 1.86 bits per heavy atom.